The summed E-state index contributed by atoms with van der Waals surface area (Å²) >= 11 is 0. The van der Waals surface area contributed by atoms with Crippen LogP contribution in [0, 0.1) is 5.82 Å². The number of hydrogen-bond acceptors (Lipinski definition) is 4. The van der Waals surface area contributed by atoms with Crippen LogP contribution in [0.25, 0.3) is 0 Å². The summed E-state index contributed by atoms with van der Waals surface area (Å²) in [6.07, 6.45) is -0.796. The van der Waals surface area contributed by atoms with E-state index in [1.54, 1.807) is 30.9 Å². The molecule has 0 saturated carbocycles. The van der Waals surface area contributed by atoms with E-state index in [-0.39, 0.29) is 11.7 Å². The number of halogens is 1. The Morgan fingerprint density at radius 2 is 1.78 bits per heavy atom. The van der Waals surface area contributed by atoms with Crippen LogP contribution in [-0.2, 0) is 9.59 Å². The first-order valence-corrected chi connectivity index (χ1v) is 7.57. The summed E-state index contributed by atoms with van der Waals surface area (Å²) in [5.74, 6) is -1.56. The molecule has 2 unspecified atom stereocenters. The molecule has 1 saturated heterocycles. The molecular formula is C16H21FN2O4. The van der Waals surface area contributed by atoms with Crippen molar-refractivity contribution in [2.45, 2.75) is 26.0 Å². The molecule has 1 N–H and O–H groups in total. The van der Waals surface area contributed by atoms with E-state index in [1.807, 2.05) is 4.90 Å². The fourth-order valence-electron chi connectivity index (χ4n) is 2.52. The standard InChI is InChI=1S/C16H21FN2O4/c1-11(16(21)22)18-7-9-19(10-8-18)15(20)12(2)23-14-6-4-3-5-13(14)17/h3-6,11-12H,7-10H2,1-2H3,(H,21,22). The van der Waals surface area contributed by atoms with Crippen LogP contribution in [0.4, 0.5) is 4.39 Å². The molecule has 126 valence electrons. The van der Waals surface area contributed by atoms with Gasteiger partial charge in [-0.25, -0.2) is 4.39 Å². The fourth-order valence-corrected chi connectivity index (χ4v) is 2.52. The van der Waals surface area contributed by atoms with Gasteiger partial charge in [0.05, 0.1) is 0 Å². The number of aliphatic carboxylic acids is 1. The number of nitrogens with zero attached hydrogens (tertiary/aromatic N) is 2. The number of carbonyl (C=O) groups is 2. The maximum atomic E-state index is 13.6. The Bertz CT molecular complexity index is 573. The highest BCUT2D eigenvalue weighted by Crippen LogP contribution is 2.18. The number of carbonyl (C=O) groups excluding carboxylic acids is 1. The van der Waals surface area contributed by atoms with E-state index in [2.05, 4.69) is 0 Å². The fraction of sp³-hybridized carbons (Fsp3) is 0.500. The van der Waals surface area contributed by atoms with Gasteiger partial charge in [0, 0.05) is 26.2 Å². The molecule has 6 nitrogen and oxygen atoms in total. The predicted octanol–water partition coefficient (Wildman–Crippen LogP) is 1.21. The number of carboxylic acid groups (broad SMARTS) is 1. The summed E-state index contributed by atoms with van der Waals surface area (Å²) in [4.78, 5) is 26.8. The number of hydrogen-bond donors (Lipinski definition) is 1. The lowest BCUT2D eigenvalue weighted by Gasteiger charge is -2.37. The third-order valence-corrected chi connectivity index (χ3v) is 4.02. The Morgan fingerprint density at radius 1 is 1.17 bits per heavy atom. The number of carboxylic acids is 1. The SMILES string of the molecule is CC(Oc1ccccc1F)C(=O)N1CCN(C(C)C(=O)O)CC1. The molecule has 1 fully saturated rings. The highest BCUT2D eigenvalue weighted by atomic mass is 19.1. The summed E-state index contributed by atoms with van der Waals surface area (Å²) in [6, 6.07) is 5.38. The van der Waals surface area contributed by atoms with Crippen molar-refractivity contribution in [3.8, 4) is 5.75 Å². The van der Waals surface area contributed by atoms with Gasteiger partial charge in [-0.1, -0.05) is 12.1 Å². The zero-order valence-corrected chi connectivity index (χ0v) is 13.2. The number of para-hydroxylation sites is 1. The summed E-state index contributed by atoms with van der Waals surface area (Å²) in [6.45, 7) is 5.06. The normalized spacial score (nSPS) is 18.3. The minimum atomic E-state index is -0.874. The molecule has 1 aromatic rings. The predicted molar refractivity (Wildman–Crippen MR) is 81.7 cm³/mol. The highest BCUT2D eigenvalue weighted by Gasteiger charge is 2.29. The van der Waals surface area contributed by atoms with Gasteiger partial charge < -0.3 is 14.7 Å². The van der Waals surface area contributed by atoms with Crippen LogP contribution < -0.4 is 4.74 Å². The van der Waals surface area contributed by atoms with Crippen molar-refractivity contribution in [1.29, 1.82) is 0 Å². The quantitative estimate of drug-likeness (QED) is 0.882. The van der Waals surface area contributed by atoms with Crippen LogP contribution in [-0.4, -0.2) is 65.1 Å². The van der Waals surface area contributed by atoms with Gasteiger partial charge in [-0.15, -0.1) is 0 Å². The van der Waals surface area contributed by atoms with Crippen molar-refractivity contribution in [3.63, 3.8) is 0 Å². The summed E-state index contributed by atoms with van der Waals surface area (Å²) in [5.41, 5.74) is 0. The Labute approximate surface area is 134 Å². The molecule has 1 heterocycles. The van der Waals surface area contributed by atoms with Crippen molar-refractivity contribution in [3.05, 3.63) is 30.1 Å². The first-order valence-electron chi connectivity index (χ1n) is 7.57. The smallest absolute Gasteiger partial charge is 0.320 e. The third-order valence-electron chi connectivity index (χ3n) is 4.02. The Kier molecular flexibility index (Phi) is 5.54. The van der Waals surface area contributed by atoms with E-state index >= 15 is 0 Å². The number of piperazine rings is 1. The zero-order valence-electron chi connectivity index (χ0n) is 13.2. The highest BCUT2D eigenvalue weighted by molar-refractivity contribution is 5.81. The van der Waals surface area contributed by atoms with Gasteiger partial charge in [0.15, 0.2) is 17.7 Å². The van der Waals surface area contributed by atoms with E-state index in [9.17, 15) is 14.0 Å². The lowest BCUT2D eigenvalue weighted by Crippen LogP contribution is -2.55. The van der Waals surface area contributed by atoms with Crippen LogP contribution in [0.1, 0.15) is 13.8 Å². The van der Waals surface area contributed by atoms with E-state index in [0.29, 0.717) is 26.2 Å². The Hall–Kier alpha value is -2.15. The summed E-state index contributed by atoms with van der Waals surface area (Å²) in [5, 5.41) is 9.01. The zero-order chi connectivity index (χ0) is 17.0. The number of rotatable bonds is 5. The number of benzene rings is 1. The Morgan fingerprint density at radius 3 is 2.35 bits per heavy atom. The van der Waals surface area contributed by atoms with Crippen LogP contribution in [0.15, 0.2) is 24.3 Å². The van der Waals surface area contributed by atoms with E-state index in [4.69, 9.17) is 9.84 Å². The van der Waals surface area contributed by atoms with Gasteiger partial charge in [0.25, 0.3) is 5.91 Å². The average Bonchev–Trinajstić information content (AvgIpc) is 2.55. The molecule has 0 spiro atoms. The molecule has 2 atom stereocenters. The minimum Gasteiger partial charge on any atom is -0.480 e. The first-order chi connectivity index (χ1) is 10.9. The molecule has 0 radical (unpaired) electrons. The van der Waals surface area contributed by atoms with Crippen LogP contribution in [0.2, 0.25) is 0 Å². The van der Waals surface area contributed by atoms with Gasteiger partial charge in [0.1, 0.15) is 6.04 Å². The average molecular weight is 324 g/mol. The van der Waals surface area contributed by atoms with Crippen LogP contribution in [0.3, 0.4) is 0 Å². The second kappa shape index (κ2) is 7.41. The molecule has 0 aliphatic carbocycles. The lowest BCUT2D eigenvalue weighted by molar-refractivity contribution is -0.145. The molecule has 1 aliphatic rings. The lowest BCUT2D eigenvalue weighted by atomic mass is 10.2. The molecule has 0 aromatic heterocycles. The number of ether oxygens (including phenoxy) is 1. The molecule has 7 heteroatoms. The van der Waals surface area contributed by atoms with Crippen LogP contribution >= 0.6 is 0 Å². The van der Waals surface area contributed by atoms with Gasteiger partial charge >= 0.3 is 5.97 Å². The topological polar surface area (TPSA) is 70.1 Å². The van der Waals surface area contributed by atoms with E-state index in [1.165, 1.54) is 12.1 Å². The molecule has 1 aromatic carbocycles. The Balaban J connectivity index is 1.89. The van der Waals surface area contributed by atoms with Gasteiger partial charge in [-0.05, 0) is 26.0 Å². The molecule has 0 bridgehead atoms. The summed E-state index contributed by atoms with van der Waals surface area (Å²) < 4.78 is 19.0. The number of amides is 1. The second-order valence-corrected chi connectivity index (χ2v) is 5.57. The second-order valence-electron chi connectivity index (χ2n) is 5.57. The molecule has 2 rings (SSSR count). The maximum Gasteiger partial charge on any atom is 0.320 e. The maximum absolute atomic E-state index is 13.6. The van der Waals surface area contributed by atoms with Crippen molar-refractivity contribution >= 4 is 11.9 Å². The van der Waals surface area contributed by atoms with Gasteiger partial charge in [-0.2, -0.15) is 0 Å². The molecular weight excluding hydrogens is 303 g/mol. The van der Waals surface area contributed by atoms with Crippen LogP contribution in [0.5, 0.6) is 5.75 Å². The molecule has 1 amide bonds. The van der Waals surface area contributed by atoms with E-state index < -0.39 is 23.9 Å². The largest absolute Gasteiger partial charge is 0.480 e. The third kappa shape index (κ3) is 4.19. The van der Waals surface area contributed by atoms with Crippen molar-refractivity contribution in [2.24, 2.45) is 0 Å². The molecule has 23 heavy (non-hydrogen) atoms. The van der Waals surface area contributed by atoms with Gasteiger partial charge in [0.2, 0.25) is 0 Å². The molecule has 1 aliphatic heterocycles. The van der Waals surface area contributed by atoms with Crippen molar-refractivity contribution in [2.75, 3.05) is 26.2 Å². The van der Waals surface area contributed by atoms with Gasteiger partial charge in [-0.3, -0.25) is 14.5 Å². The van der Waals surface area contributed by atoms with Crippen molar-refractivity contribution < 1.29 is 23.8 Å². The summed E-state index contributed by atoms with van der Waals surface area (Å²) in [7, 11) is 0. The van der Waals surface area contributed by atoms with Crippen molar-refractivity contribution in [1.82, 2.24) is 9.80 Å². The first kappa shape index (κ1) is 17.2. The minimum absolute atomic E-state index is 0.0477. The monoisotopic (exact) mass is 324 g/mol. The van der Waals surface area contributed by atoms with E-state index in [0.717, 1.165) is 0 Å².